The van der Waals surface area contributed by atoms with Crippen molar-refractivity contribution in [2.75, 3.05) is 6.61 Å². The second kappa shape index (κ2) is 10.9. The van der Waals surface area contributed by atoms with E-state index in [0.717, 1.165) is 16.7 Å². The molecule has 0 atom stereocenters. The molecule has 1 heterocycles. The molecule has 0 amide bonds. The lowest BCUT2D eigenvalue weighted by Gasteiger charge is -2.13. The van der Waals surface area contributed by atoms with Crippen LogP contribution in [0.15, 0.2) is 73.1 Å². The average Bonchev–Trinajstić information content (AvgIpc) is 2.78. The fraction of sp³-hybridized carbons (Fsp3) is 0.240. The molecule has 0 N–H and O–H groups in total. The van der Waals surface area contributed by atoms with Crippen molar-refractivity contribution in [3.63, 3.8) is 0 Å². The molecule has 0 aliphatic rings. The summed E-state index contributed by atoms with van der Waals surface area (Å²) in [7, 11) is 0. The van der Waals surface area contributed by atoms with Gasteiger partial charge in [-0.25, -0.2) is 0 Å². The van der Waals surface area contributed by atoms with Crippen LogP contribution >= 0.6 is 0 Å². The van der Waals surface area contributed by atoms with Gasteiger partial charge in [0.05, 0.1) is 12.2 Å². The van der Waals surface area contributed by atoms with Crippen LogP contribution in [0.3, 0.4) is 0 Å². The number of rotatable bonds is 10. The first-order valence-corrected chi connectivity index (χ1v) is 10.0. The van der Waals surface area contributed by atoms with Crippen LogP contribution in [0, 0.1) is 0 Å². The van der Waals surface area contributed by atoms with E-state index in [4.69, 9.17) is 9.47 Å². The minimum Gasteiger partial charge on any atom is -0.488 e. The number of hydrogen-bond acceptors (Lipinski definition) is 5. The SMILES string of the molecule is CCOC(=O)CCc1ccc(OCc2ccccc2)c(C(=O)Cc2cccnc2)c1. The van der Waals surface area contributed by atoms with Crippen molar-refractivity contribution in [1.29, 1.82) is 0 Å². The highest BCUT2D eigenvalue weighted by molar-refractivity contribution is 6.00. The van der Waals surface area contributed by atoms with Gasteiger partial charge < -0.3 is 9.47 Å². The number of carbonyl (C=O) groups excluding carboxylic acids is 2. The Kier molecular flexibility index (Phi) is 7.72. The Labute approximate surface area is 176 Å². The molecule has 0 unspecified atom stereocenters. The molecule has 0 saturated heterocycles. The van der Waals surface area contributed by atoms with Gasteiger partial charge in [0.15, 0.2) is 5.78 Å². The van der Waals surface area contributed by atoms with Crippen LogP contribution in [-0.2, 0) is 29.0 Å². The number of esters is 1. The summed E-state index contributed by atoms with van der Waals surface area (Å²) in [6, 6.07) is 19.0. The largest absolute Gasteiger partial charge is 0.488 e. The third-order valence-corrected chi connectivity index (χ3v) is 4.59. The number of pyridine rings is 1. The highest BCUT2D eigenvalue weighted by atomic mass is 16.5. The van der Waals surface area contributed by atoms with Crippen LogP contribution in [-0.4, -0.2) is 23.3 Å². The van der Waals surface area contributed by atoms with E-state index in [1.165, 1.54) is 0 Å². The summed E-state index contributed by atoms with van der Waals surface area (Å²) in [5.41, 5.74) is 3.27. The number of ether oxygens (including phenoxy) is 2. The molecule has 2 aromatic carbocycles. The van der Waals surface area contributed by atoms with E-state index in [1.807, 2.05) is 54.6 Å². The predicted octanol–water partition coefficient (Wildman–Crippen LogP) is 4.58. The Morgan fingerprint density at radius 1 is 0.933 bits per heavy atom. The second-order valence-corrected chi connectivity index (χ2v) is 6.87. The Hall–Kier alpha value is -3.47. The molecule has 0 bridgehead atoms. The maximum atomic E-state index is 13.0. The number of Topliss-reactive ketones (excluding diaryl/α,β-unsaturated/α-hetero) is 1. The Bertz CT molecular complexity index is 971. The van der Waals surface area contributed by atoms with Gasteiger partial charge in [-0.3, -0.25) is 14.6 Å². The number of benzene rings is 2. The van der Waals surface area contributed by atoms with Crippen molar-refractivity contribution in [1.82, 2.24) is 4.98 Å². The molecule has 5 nitrogen and oxygen atoms in total. The predicted molar refractivity (Wildman–Crippen MR) is 114 cm³/mol. The lowest BCUT2D eigenvalue weighted by molar-refractivity contribution is -0.143. The van der Waals surface area contributed by atoms with E-state index >= 15 is 0 Å². The van der Waals surface area contributed by atoms with Crippen LogP contribution < -0.4 is 4.74 Å². The van der Waals surface area contributed by atoms with Crippen molar-refractivity contribution in [3.05, 3.63) is 95.3 Å². The molecule has 0 radical (unpaired) electrons. The Morgan fingerprint density at radius 3 is 2.47 bits per heavy atom. The normalized spacial score (nSPS) is 10.4. The highest BCUT2D eigenvalue weighted by Crippen LogP contribution is 2.24. The highest BCUT2D eigenvalue weighted by Gasteiger charge is 2.15. The summed E-state index contributed by atoms with van der Waals surface area (Å²) in [6.45, 7) is 2.52. The summed E-state index contributed by atoms with van der Waals surface area (Å²) in [6.07, 6.45) is 4.38. The molecular weight excluding hydrogens is 378 g/mol. The summed E-state index contributed by atoms with van der Waals surface area (Å²) < 4.78 is 11.0. The van der Waals surface area contributed by atoms with Gasteiger partial charge in [-0.1, -0.05) is 42.5 Å². The molecule has 0 aliphatic carbocycles. The van der Waals surface area contributed by atoms with E-state index in [2.05, 4.69) is 4.98 Å². The third-order valence-electron chi connectivity index (χ3n) is 4.59. The molecule has 3 rings (SSSR count). The van der Waals surface area contributed by atoms with Crippen LogP contribution in [0.5, 0.6) is 5.75 Å². The maximum Gasteiger partial charge on any atom is 0.306 e. The van der Waals surface area contributed by atoms with Gasteiger partial charge in [0.1, 0.15) is 12.4 Å². The second-order valence-electron chi connectivity index (χ2n) is 6.87. The molecule has 154 valence electrons. The lowest BCUT2D eigenvalue weighted by atomic mass is 9.99. The number of nitrogens with zero attached hydrogens (tertiary/aromatic N) is 1. The monoisotopic (exact) mass is 403 g/mol. The van der Waals surface area contributed by atoms with Gasteiger partial charge in [0.25, 0.3) is 0 Å². The molecule has 30 heavy (non-hydrogen) atoms. The van der Waals surface area contributed by atoms with Gasteiger partial charge >= 0.3 is 5.97 Å². The number of hydrogen-bond donors (Lipinski definition) is 0. The van der Waals surface area contributed by atoms with E-state index in [-0.39, 0.29) is 24.6 Å². The molecule has 1 aromatic heterocycles. The van der Waals surface area contributed by atoms with Crippen molar-refractivity contribution >= 4 is 11.8 Å². The average molecular weight is 403 g/mol. The summed E-state index contributed by atoms with van der Waals surface area (Å²) >= 11 is 0. The van der Waals surface area contributed by atoms with Gasteiger partial charge in [-0.15, -0.1) is 0 Å². The molecule has 0 aliphatic heterocycles. The standard InChI is InChI=1S/C25H25NO4/c1-2-29-25(28)13-11-19-10-12-24(30-18-20-7-4-3-5-8-20)22(15-19)23(27)16-21-9-6-14-26-17-21/h3-10,12,14-15,17H,2,11,13,16,18H2,1H3. The number of carbonyl (C=O) groups is 2. The molecule has 0 fully saturated rings. The Morgan fingerprint density at radius 2 is 1.73 bits per heavy atom. The minimum absolute atomic E-state index is 0.0518. The van der Waals surface area contributed by atoms with Crippen molar-refractivity contribution < 1.29 is 19.1 Å². The smallest absolute Gasteiger partial charge is 0.306 e. The summed E-state index contributed by atoms with van der Waals surface area (Å²) in [4.78, 5) is 28.8. The van der Waals surface area contributed by atoms with Crippen LogP contribution in [0.2, 0.25) is 0 Å². The van der Waals surface area contributed by atoms with E-state index in [1.54, 1.807) is 25.4 Å². The van der Waals surface area contributed by atoms with Crippen LogP contribution in [0.4, 0.5) is 0 Å². The first kappa shape index (κ1) is 21.2. The topological polar surface area (TPSA) is 65.5 Å². The first-order chi connectivity index (χ1) is 14.7. The van der Waals surface area contributed by atoms with Crippen molar-refractivity contribution in [3.8, 4) is 5.75 Å². The van der Waals surface area contributed by atoms with Crippen molar-refractivity contribution in [2.24, 2.45) is 0 Å². The summed E-state index contributed by atoms with van der Waals surface area (Å²) in [5, 5.41) is 0. The Balaban J connectivity index is 1.79. The van der Waals surface area contributed by atoms with Gasteiger partial charge in [0, 0.05) is 25.2 Å². The zero-order valence-electron chi connectivity index (χ0n) is 17.0. The molecular formula is C25H25NO4. The molecule has 0 saturated carbocycles. The van der Waals surface area contributed by atoms with Gasteiger partial charge in [-0.2, -0.15) is 0 Å². The van der Waals surface area contributed by atoms with Crippen LogP contribution in [0.25, 0.3) is 0 Å². The minimum atomic E-state index is -0.245. The van der Waals surface area contributed by atoms with Gasteiger partial charge in [0.2, 0.25) is 0 Å². The number of ketones is 1. The van der Waals surface area contributed by atoms with E-state index in [9.17, 15) is 9.59 Å². The zero-order chi connectivity index (χ0) is 21.2. The number of aryl methyl sites for hydroxylation is 1. The van der Waals surface area contributed by atoms with Gasteiger partial charge in [-0.05, 0) is 48.2 Å². The first-order valence-electron chi connectivity index (χ1n) is 10.0. The maximum absolute atomic E-state index is 13.0. The molecule has 5 heteroatoms. The zero-order valence-corrected chi connectivity index (χ0v) is 17.0. The summed E-state index contributed by atoms with van der Waals surface area (Å²) in [5.74, 6) is 0.238. The quantitative estimate of drug-likeness (QED) is 0.366. The van der Waals surface area contributed by atoms with Crippen LogP contribution in [0.1, 0.15) is 40.4 Å². The molecule has 0 spiro atoms. The third kappa shape index (κ3) is 6.27. The lowest BCUT2D eigenvalue weighted by Crippen LogP contribution is -2.09. The molecule has 3 aromatic rings. The fourth-order valence-electron chi connectivity index (χ4n) is 3.07. The van der Waals surface area contributed by atoms with E-state index < -0.39 is 0 Å². The van der Waals surface area contributed by atoms with Crippen molar-refractivity contribution in [2.45, 2.75) is 32.8 Å². The number of aromatic nitrogens is 1. The van der Waals surface area contributed by atoms with E-state index in [0.29, 0.717) is 30.9 Å². The fourth-order valence-corrected chi connectivity index (χ4v) is 3.07.